The molecule has 0 atom stereocenters. The van der Waals surface area contributed by atoms with E-state index >= 15 is 0 Å². The van der Waals surface area contributed by atoms with E-state index in [1.807, 2.05) is 6.20 Å². The molecular weight excluding hydrogens is 248 g/mol. The summed E-state index contributed by atoms with van der Waals surface area (Å²) in [7, 11) is 0. The van der Waals surface area contributed by atoms with Crippen LogP contribution in [0.25, 0.3) is 0 Å². The number of carbonyl (C=O) groups excluding carboxylic acids is 1. The number of benzene rings is 1. The predicted octanol–water partition coefficient (Wildman–Crippen LogP) is 2.82. The van der Waals surface area contributed by atoms with Crippen LogP contribution in [0, 0.1) is 6.92 Å². The Kier molecular flexibility index (Phi) is 5.59. The first-order valence-electron chi connectivity index (χ1n) is 5.77. The lowest BCUT2D eigenvalue weighted by atomic mass is 10.1. The molecule has 0 N–H and O–H groups in total. The van der Waals surface area contributed by atoms with Gasteiger partial charge in [0.15, 0.2) is 5.78 Å². The van der Waals surface area contributed by atoms with Gasteiger partial charge >= 0.3 is 0 Å². The zero-order valence-electron chi connectivity index (χ0n) is 10.4. The average molecular weight is 265 g/mol. The Balaban J connectivity index is 0.00000162. The molecule has 0 aliphatic rings. The minimum atomic E-state index is 0. The number of rotatable bonds is 5. The average Bonchev–Trinajstić information content (AvgIpc) is 2.81. The molecule has 1 aromatic carbocycles. The van der Waals surface area contributed by atoms with Crippen LogP contribution in [0.2, 0.25) is 0 Å². The third-order valence-electron chi connectivity index (χ3n) is 2.73. The fourth-order valence-corrected chi connectivity index (χ4v) is 1.70. The maximum Gasteiger partial charge on any atom is 0.152 e. The minimum Gasteiger partial charge on any atom is -0.330 e. The van der Waals surface area contributed by atoms with Crippen molar-refractivity contribution in [1.29, 1.82) is 0 Å². The zero-order valence-corrected chi connectivity index (χ0v) is 11.2. The summed E-state index contributed by atoms with van der Waals surface area (Å²) < 4.78 is 1.80. The lowest BCUT2D eigenvalue weighted by molar-refractivity contribution is -0.119. The molecule has 0 saturated heterocycles. The van der Waals surface area contributed by atoms with E-state index in [4.69, 9.17) is 0 Å². The van der Waals surface area contributed by atoms with Crippen LogP contribution in [0.3, 0.4) is 0 Å². The molecule has 0 fully saturated rings. The molecule has 0 bridgehead atoms. The SMILES string of the molecule is Cc1ccc(CCC(=O)Cn2ccnc2)cc1.Cl. The van der Waals surface area contributed by atoms with Crippen molar-refractivity contribution in [3.05, 3.63) is 54.1 Å². The molecule has 0 aliphatic carbocycles. The quantitative estimate of drug-likeness (QED) is 0.832. The number of halogens is 1. The maximum absolute atomic E-state index is 11.7. The summed E-state index contributed by atoms with van der Waals surface area (Å²) in [5.41, 5.74) is 2.47. The predicted molar refractivity (Wildman–Crippen MR) is 74.0 cm³/mol. The number of hydrogen-bond acceptors (Lipinski definition) is 2. The number of ketones is 1. The van der Waals surface area contributed by atoms with Crippen LogP contribution >= 0.6 is 12.4 Å². The highest BCUT2D eigenvalue weighted by Crippen LogP contribution is 2.06. The van der Waals surface area contributed by atoms with Crippen molar-refractivity contribution < 1.29 is 4.79 Å². The number of carbonyl (C=O) groups is 1. The molecule has 18 heavy (non-hydrogen) atoms. The molecule has 1 aromatic heterocycles. The molecule has 1 heterocycles. The highest BCUT2D eigenvalue weighted by molar-refractivity contribution is 5.85. The first-order valence-corrected chi connectivity index (χ1v) is 5.77. The molecule has 0 aliphatic heterocycles. The highest BCUT2D eigenvalue weighted by atomic mass is 35.5. The van der Waals surface area contributed by atoms with Gasteiger partial charge in [0.2, 0.25) is 0 Å². The van der Waals surface area contributed by atoms with Crippen LogP contribution in [0.4, 0.5) is 0 Å². The molecular formula is C14H17ClN2O. The van der Waals surface area contributed by atoms with Crippen LogP contribution < -0.4 is 0 Å². The van der Waals surface area contributed by atoms with Crippen molar-refractivity contribution >= 4 is 18.2 Å². The van der Waals surface area contributed by atoms with Crippen LogP contribution in [-0.2, 0) is 17.8 Å². The Morgan fingerprint density at radius 2 is 2.00 bits per heavy atom. The summed E-state index contributed by atoms with van der Waals surface area (Å²) in [6, 6.07) is 8.32. The number of nitrogens with zero attached hydrogens (tertiary/aromatic N) is 2. The Bertz CT molecular complexity index is 477. The molecule has 0 saturated carbocycles. The van der Waals surface area contributed by atoms with E-state index in [-0.39, 0.29) is 18.2 Å². The first kappa shape index (κ1) is 14.5. The van der Waals surface area contributed by atoms with Gasteiger partial charge in [0.05, 0.1) is 12.9 Å². The fraction of sp³-hybridized carbons (Fsp3) is 0.286. The van der Waals surface area contributed by atoms with Gasteiger partial charge in [0.1, 0.15) is 0 Å². The number of Topliss-reactive ketones (excluding diaryl/α,β-unsaturated/α-hetero) is 1. The first-order chi connectivity index (χ1) is 8.24. The van der Waals surface area contributed by atoms with Crippen LogP contribution in [0.1, 0.15) is 17.5 Å². The molecule has 0 amide bonds. The second-order valence-electron chi connectivity index (χ2n) is 4.26. The van der Waals surface area contributed by atoms with E-state index in [2.05, 4.69) is 36.2 Å². The van der Waals surface area contributed by atoms with E-state index < -0.39 is 0 Å². The molecule has 2 rings (SSSR count). The summed E-state index contributed by atoms with van der Waals surface area (Å²) in [5.74, 6) is 0.239. The summed E-state index contributed by atoms with van der Waals surface area (Å²) >= 11 is 0. The molecule has 2 aromatic rings. The van der Waals surface area contributed by atoms with Crippen molar-refractivity contribution in [3.63, 3.8) is 0 Å². The van der Waals surface area contributed by atoms with Gasteiger partial charge < -0.3 is 4.57 Å². The van der Waals surface area contributed by atoms with Gasteiger partial charge in [-0.1, -0.05) is 29.8 Å². The molecule has 96 valence electrons. The zero-order chi connectivity index (χ0) is 12.1. The van der Waals surface area contributed by atoms with E-state index in [1.165, 1.54) is 11.1 Å². The van der Waals surface area contributed by atoms with Gasteiger partial charge in [-0.2, -0.15) is 0 Å². The van der Waals surface area contributed by atoms with E-state index in [1.54, 1.807) is 17.1 Å². The van der Waals surface area contributed by atoms with E-state index in [0.29, 0.717) is 13.0 Å². The Hall–Kier alpha value is -1.61. The number of imidazole rings is 1. The van der Waals surface area contributed by atoms with Crippen molar-refractivity contribution in [2.75, 3.05) is 0 Å². The summed E-state index contributed by atoms with van der Waals surface area (Å²) in [4.78, 5) is 15.6. The van der Waals surface area contributed by atoms with Crippen LogP contribution in [0.5, 0.6) is 0 Å². The van der Waals surface area contributed by atoms with Crippen molar-refractivity contribution in [2.45, 2.75) is 26.3 Å². The monoisotopic (exact) mass is 264 g/mol. The number of aromatic nitrogens is 2. The second-order valence-corrected chi connectivity index (χ2v) is 4.26. The van der Waals surface area contributed by atoms with Crippen molar-refractivity contribution in [1.82, 2.24) is 9.55 Å². The fourth-order valence-electron chi connectivity index (χ4n) is 1.70. The van der Waals surface area contributed by atoms with Gasteiger partial charge in [0.25, 0.3) is 0 Å². The summed E-state index contributed by atoms with van der Waals surface area (Å²) in [6.45, 7) is 2.49. The molecule has 0 unspecified atom stereocenters. The normalized spacial score (nSPS) is 9.83. The number of aryl methyl sites for hydroxylation is 2. The molecule has 4 heteroatoms. The molecule has 3 nitrogen and oxygen atoms in total. The topological polar surface area (TPSA) is 34.9 Å². The molecule has 0 radical (unpaired) electrons. The van der Waals surface area contributed by atoms with Gasteiger partial charge in [-0.05, 0) is 18.9 Å². The standard InChI is InChI=1S/C14H16N2O.ClH/c1-12-2-4-13(5-3-12)6-7-14(17)10-16-9-8-15-11-16;/h2-5,8-9,11H,6-7,10H2,1H3;1H. The minimum absolute atomic E-state index is 0. The lowest BCUT2D eigenvalue weighted by Crippen LogP contribution is -2.09. The maximum atomic E-state index is 11.7. The summed E-state index contributed by atoms with van der Waals surface area (Å²) in [6.07, 6.45) is 6.57. The van der Waals surface area contributed by atoms with Crippen molar-refractivity contribution in [3.8, 4) is 0 Å². The van der Waals surface area contributed by atoms with Gasteiger partial charge in [-0.15, -0.1) is 12.4 Å². The van der Waals surface area contributed by atoms with Crippen molar-refractivity contribution in [2.24, 2.45) is 0 Å². The largest absolute Gasteiger partial charge is 0.330 e. The third kappa shape index (κ3) is 4.34. The lowest BCUT2D eigenvalue weighted by Gasteiger charge is -2.03. The number of hydrogen-bond donors (Lipinski definition) is 0. The van der Waals surface area contributed by atoms with Gasteiger partial charge in [-0.3, -0.25) is 4.79 Å². The van der Waals surface area contributed by atoms with Crippen LogP contribution in [0.15, 0.2) is 43.0 Å². The second kappa shape index (κ2) is 6.97. The van der Waals surface area contributed by atoms with E-state index in [0.717, 1.165) is 6.42 Å². The van der Waals surface area contributed by atoms with Crippen LogP contribution in [-0.4, -0.2) is 15.3 Å². The Morgan fingerprint density at radius 1 is 1.28 bits per heavy atom. The van der Waals surface area contributed by atoms with Gasteiger partial charge in [-0.25, -0.2) is 4.98 Å². The Morgan fingerprint density at radius 3 is 2.61 bits per heavy atom. The highest BCUT2D eigenvalue weighted by Gasteiger charge is 2.03. The smallest absolute Gasteiger partial charge is 0.152 e. The molecule has 0 spiro atoms. The Labute approximate surface area is 113 Å². The summed E-state index contributed by atoms with van der Waals surface area (Å²) in [5, 5.41) is 0. The van der Waals surface area contributed by atoms with Gasteiger partial charge in [0, 0.05) is 18.8 Å². The third-order valence-corrected chi connectivity index (χ3v) is 2.73. The van der Waals surface area contributed by atoms with E-state index in [9.17, 15) is 4.79 Å².